The number of halogens is 1. The van der Waals surface area contributed by atoms with Gasteiger partial charge in [-0.05, 0) is 48.4 Å². The van der Waals surface area contributed by atoms with Gasteiger partial charge in [0.05, 0.1) is 4.90 Å². The minimum absolute atomic E-state index is 0.0884. The number of carbonyl (C=O) groups is 1. The SMILES string of the molecule is CC(C)CNS(=O)(=O)c1ccc(OCC(=O)N2CCN(c3cccc(Cl)c3)CC2)cc1. The zero-order chi connectivity index (χ0) is 22.4. The van der Waals surface area contributed by atoms with E-state index in [1.165, 1.54) is 12.1 Å². The molecular formula is C22H28ClN3O4S. The quantitative estimate of drug-likeness (QED) is 0.648. The average Bonchev–Trinajstić information content (AvgIpc) is 2.76. The second-order valence-electron chi connectivity index (χ2n) is 7.85. The predicted molar refractivity (Wildman–Crippen MR) is 122 cm³/mol. The first-order valence-corrected chi connectivity index (χ1v) is 12.1. The van der Waals surface area contributed by atoms with Gasteiger partial charge < -0.3 is 14.5 Å². The molecule has 1 N–H and O–H groups in total. The summed E-state index contributed by atoms with van der Waals surface area (Å²) in [6.07, 6.45) is 0. The van der Waals surface area contributed by atoms with Gasteiger partial charge in [0.15, 0.2) is 6.61 Å². The summed E-state index contributed by atoms with van der Waals surface area (Å²) >= 11 is 6.06. The number of carbonyl (C=O) groups excluding carboxylic acids is 1. The first-order chi connectivity index (χ1) is 14.7. The van der Waals surface area contributed by atoms with Crippen molar-refractivity contribution in [1.82, 2.24) is 9.62 Å². The fourth-order valence-electron chi connectivity index (χ4n) is 3.20. The van der Waals surface area contributed by atoms with Crippen molar-refractivity contribution in [1.29, 1.82) is 0 Å². The standard InChI is InChI=1S/C22H28ClN3O4S/c1-17(2)15-24-31(28,29)21-8-6-20(7-9-21)30-16-22(27)26-12-10-25(11-13-26)19-5-3-4-18(23)14-19/h3-9,14,17,24H,10-13,15-16H2,1-2H3. The molecule has 1 aliphatic rings. The number of benzene rings is 2. The van der Waals surface area contributed by atoms with Crippen LogP contribution in [0.1, 0.15) is 13.8 Å². The highest BCUT2D eigenvalue weighted by Gasteiger charge is 2.22. The maximum absolute atomic E-state index is 12.5. The van der Waals surface area contributed by atoms with Crippen LogP contribution < -0.4 is 14.4 Å². The second kappa shape index (κ2) is 10.3. The lowest BCUT2D eigenvalue weighted by atomic mass is 10.2. The maximum atomic E-state index is 12.5. The van der Waals surface area contributed by atoms with Crippen molar-refractivity contribution in [3.8, 4) is 5.75 Å². The van der Waals surface area contributed by atoms with Crippen molar-refractivity contribution in [2.45, 2.75) is 18.7 Å². The smallest absolute Gasteiger partial charge is 0.260 e. The number of ether oxygens (including phenoxy) is 1. The number of sulfonamides is 1. The Morgan fingerprint density at radius 3 is 2.39 bits per heavy atom. The number of piperazine rings is 1. The van der Waals surface area contributed by atoms with Crippen LogP contribution >= 0.6 is 11.6 Å². The average molecular weight is 466 g/mol. The Labute approximate surface area is 189 Å². The molecule has 1 saturated heterocycles. The van der Waals surface area contributed by atoms with E-state index in [0.29, 0.717) is 30.4 Å². The van der Waals surface area contributed by atoms with Crippen LogP contribution in [0, 0.1) is 5.92 Å². The number of hydrogen-bond donors (Lipinski definition) is 1. The molecule has 0 saturated carbocycles. The lowest BCUT2D eigenvalue weighted by molar-refractivity contribution is -0.133. The summed E-state index contributed by atoms with van der Waals surface area (Å²) < 4.78 is 32.6. The number of hydrogen-bond acceptors (Lipinski definition) is 5. The highest BCUT2D eigenvalue weighted by molar-refractivity contribution is 7.89. The monoisotopic (exact) mass is 465 g/mol. The van der Waals surface area contributed by atoms with Crippen LogP contribution in [0.4, 0.5) is 5.69 Å². The molecule has 1 fully saturated rings. The van der Waals surface area contributed by atoms with Crippen LogP contribution in [-0.2, 0) is 14.8 Å². The number of amides is 1. The molecule has 0 unspecified atom stereocenters. The largest absolute Gasteiger partial charge is 0.484 e. The molecule has 9 heteroatoms. The van der Waals surface area contributed by atoms with E-state index in [4.69, 9.17) is 16.3 Å². The molecule has 2 aromatic rings. The molecule has 0 radical (unpaired) electrons. The van der Waals surface area contributed by atoms with Gasteiger partial charge in [-0.3, -0.25) is 4.79 Å². The third-order valence-electron chi connectivity index (χ3n) is 4.98. The van der Waals surface area contributed by atoms with Crippen LogP contribution in [0.25, 0.3) is 0 Å². The van der Waals surface area contributed by atoms with E-state index < -0.39 is 10.0 Å². The van der Waals surface area contributed by atoms with E-state index in [1.54, 1.807) is 17.0 Å². The summed E-state index contributed by atoms with van der Waals surface area (Å²) in [6.45, 7) is 6.82. The molecule has 0 spiro atoms. The first kappa shape index (κ1) is 23.4. The molecule has 0 aliphatic carbocycles. The fraction of sp³-hybridized carbons (Fsp3) is 0.409. The maximum Gasteiger partial charge on any atom is 0.260 e. The zero-order valence-electron chi connectivity index (χ0n) is 17.8. The third kappa shape index (κ3) is 6.59. The minimum Gasteiger partial charge on any atom is -0.484 e. The van der Waals surface area contributed by atoms with Crippen LogP contribution in [0.3, 0.4) is 0 Å². The number of rotatable bonds is 8. The summed E-state index contributed by atoms with van der Waals surface area (Å²) in [4.78, 5) is 16.6. The molecular weight excluding hydrogens is 438 g/mol. The number of anilines is 1. The van der Waals surface area contributed by atoms with Crippen molar-refractivity contribution in [2.24, 2.45) is 5.92 Å². The van der Waals surface area contributed by atoms with E-state index in [1.807, 2.05) is 38.1 Å². The third-order valence-corrected chi connectivity index (χ3v) is 6.66. The highest BCUT2D eigenvalue weighted by Crippen LogP contribution is 2.21. The van der Waals surface area contributed by atoms with Crippen LogP contribution in [-0.4, -0.2) is 58.6 Å². The van der Waals surface area contributed by atoms with Gasteiger partial charge >= 0.3 is 0 Å². The Balaban J connectivity index is 1.48. The molecule has 0 aromatic heterocycles. The molecule has 1 aliphatic heterocycles. The molecule has 1 amide bonds. The Bertz CT molecular complexity index is 988. The topological polar surface area (TPSA) is 78.9 Å². The Morgan fingerprint density at radius 1 is 1.10 bits per heavy atom. The Hall–Kier alpha value is -2.29. The van der Waals surface area contributed by atoms with E-state index >= 15 is 0 Å². The number of nitrogens with zero attached hydrogens (tertiary/aromatic N) is 2. The predicted octanol–water partition coefficient (Wildman–Crippen LogP) is 3.00. The van der Waals surface area contributed by atoms with Crippen molar-refractivity contribution in [3.63, 3.8) is 0 Å². The molecule has 3 rings (SSSR count). The Kier molecular flexibility index (Phi) is 7.80. The zero-order valence-corrected chi connectivity index (χ0v) is 19.3. The van der Waals surface area contributed by atoms with E-state index in [2.05, 4.69) is 9.62 Å². The lowest BCUT2D eigenvalue weighted by Gasteiger charge is -2.36. The van der Waals surface area contributed by atoms with Gasteiger partial charge in [0.1, 0.15) is 5.75 Å². The van der Waals surface area contributed by atoms with Crippen molar-refractivity contribution >= 4 is 33.2 Å². The van der Waals surface area contributed by atoms with Crippen LogP contribution in [0.15, 0.2) is 53.4 Å². The van der Waals surface area contributed by atoms with Gasteiger partial charge in [-0.25, -0.2) is 13.1 Å². The highest BCUT2D eigenvalue weighted by atomic mass is 35.5. The number of nitrogens with one attached hydrogen (secondary N) is 1. The van der Waals surface area contributed by atoms with Gasteiger partial charge in [-0.2, -0.15) is 0 Å². The summed E-state index contributed by atoms with van der Waals surface area (Å²) in [6, 6.07) is 13.8. The van der Waals surface area contributed by atoms with Gasteiger partial charge in [0, 0.05) is 43.4 Å². The van der Waals surface area contributed by atoms with Crippen molar-refractivity contribution in [3.05, 3.63) is 53.6 Å². The van der Waals surface area contributed by atoms with Crippen LogP contribution in [0.2, 0.25) is 5.02 Å². The Morgan fingerprint density at radius 2 is 1.77 bits per heavy atom. The normalized spacial score (nSPS) is 14.7. The van der Waals surface area contributed by atoms with Crippen LogP contribution in [0.5, 0.6) is 5.75 Å². The van der Waals surface area contributed by atoms with E-state index in [0.717, 1.165) is 18.8 Å². The lowest BCUT2D eigenvalue weighted by Crippen LogP contribution is -2.50. The fourth-order valence-corrected chi connectivity index (χ4v) is 4.60. The van der Waals surface area contributed by atoms with Crippen molar-refractivity contribution < 1.29 is 17.9 Å². The van der Waals surface area contributed by atoms with Gasteiger partial charge in [0.25, 0.3) is 5.91 Å². The first-order valence-electron chi connectivity index (χ1n) is 10.3. The summed E-state index contributed by atoms with van der Waals surface area (Å²) in [5.41, 5.74) is 1.05. The van der Waals surface area contributed by atoms with Gasteiger partial charge in [-0.1, -0.05) is 31.5 Å². The van der Waals surface area contributed by atoms with Gasteiger partial charge in [0.2, 0.25) is 10.0 Å². The molecule has 0 atom stereocenters. The minimum atomic E-state index is -3.55. The van der Waals surface area contributed by atoms with E-state index in [-0.39, 0.29) is 23.3 Å². The molecule has 7 nitrogen and oxygen atoms in total. The summed E-state index contributed by atoms with van der Waals surface area (Å²) in [5, 5.41) is 0.693. The molecule has 31 heavy (non-hydrogen) atoms. The molecule has 1 heterocycles. The molecule has 168 valence electrons. The molecule has 2 aromatic carbocycles. The second-order valence-corrected chi connectivity index (χ2v) is 10.1. The van der Waals surface area contributed by atoms with Crippen molar-refractivity contribution in [2.75, 3.05) is 44.2 Å². The summed E-state index contributed by atoms with van der Waals surface area (Å²) in [7, 11) is -3.55. The molecule has 0 bridgehead atoms. The van der Waals surface area contributed by atoms with E-state index in [9.17, 15) is 13.2 Å². The van der Waals surface area contributed by atoms with Gasteiger partial charge in [-0.15, -0.1) is 0 Å². The summed E-state index contributed by atoms with van der Waals surface area (Å²) in [5.74, 6) is 0.575.